The van der Waals surface area contributed by atoms with Crippen molar-refractivity contribution in [3.63, 3.8) is 0 Å². The van der Waals surface area contributed by atoms with E-state index in [2.05, 4.69) is 12.1 Å². The molecule has 0 aromatic heterocycles. The van der Waals surface area contributed by atoms with Gasteiger partial charge in [-0.25, -0.2) is 8.42 Å². The van der Waals surface area contributed by atoms with Crippen molar-refractivity contribution >= 4 is 10.0 Å². The van der Waals surface area contributed by atoms with E-state index in [1.54, 1.807) is 35.7 Å². The minimum atomic E-state index is -3.41. The molecule has 4 nitrogen and oxygen atoms in total. The summed E-state index contributed by atoms with van der Waals surface area (Å²) in [5, 5.41) is 0. The SMILES string of the molecule is COc1ccc(S(=O)(=O)N2CCC(c3ccccc3)CC2)cc1. The van der Waals surface area contributed by atoms with Crippen LogP contribution < -0.4 is 4.74 Å². The second-order valence-electron chi connectivity index (χ2n) is 5.76. The summed E-state index contributed by atoms with van der Waals surface area (Å²) in [6.07, 6.45) is 1.72. The van der Waals surface area contributed by atoms with Crippen LogP contribution in [0.5, 0.6) is 5.75 Å². The highest BCUT2D eigenvalue weighted by molar-refractivity contribution is 7.89. The quantitative estimate of drug-likeness (QED) is 0.864. The molecule has 0 N–H and O–H groups in total. The number of piperidine rings is 1. The lowest BCUT2D eigenvalue weighted by atomic mass is 9.90. The van der Waals surface area contributed by atoms with E-state index in [4.69, 9.17) is 4.74 Å². The Bertz CT molecular complexity index is 734. The first-order valence-electron chi connectivity index (χ1n) is 7.80. The maximum Gasteiger partial charge on any atom is 0.243 e. The molecule has 0 unspecified atom stereocenters. The van der Waals surface area contributed by atoms with Gasteiger partial charge < -0.3 is 4.74 Å². The van der Waals surface area contributed by atoms with Gasteiger partial charge in [0.05, 0.1) is 12.0 Å². The summed E-state index contributed by atoms with van der Waals surface area (Å²) in [6, 6.07) is 16.9. The highest BCUT2D eigenvalue weighted by Gasteiger charge is 2.29. The van der Waals surface area contributed by atoms with Crippen LogP contribution in [0.3, 0.4) is 0 Å². The van der Waals surface area contributed by atoms with Crippen LogP contribution in [-0.2, 0) is 10.0 Å². The molecule has 1 heterocycles. The second kappa shape index (κ2) is 6.72. The van der Waals surface area contributed by atoms with Gasteiger partial charge in [-0.2, -0.15) is 4.31 Å². The van der Waals surface area contributed by atoms with Crippen LogP contribution in [0, 0.1) is 0 Å². The van der Waals surface area contributed by atoms with Crippen molar-refractivity contribution in [2.45, 2.75) is 23.7 Å². The van der Waals surface area contributed by atoms with Gasteiger partial charge in [0.1, 0.15) is 5.75 Å². The van der Waals surface area contributed by atoms with Gasteiger partial charge in [0.25, 0.3) is 0 Å². The Balaban J connectivity index is 1.70. The van der Waals surface area contributed by atoms with Crippen LogP contribution in [-0.4, -0.2) is 32.9 Å². The Hall–Kier alpha value is -1.85. The van der Waals surface area contributed by atoms with Crippen molar-refractivity contribution < 1.29 is 13.2 Å². The first-order chi connectivity index (χ1) is 11.1. The van der Waals surface area contributed by atoms with Crippen LogP contribution in [0.15, 0.2) is 59.5 Å². The van der Waals surface area contributed by atoms with Crippen LogP contribution in [0.25, 0.3) is 0 Å². The van der Waals surface area contributed by atoms with E-state index in [0.29, 0.717) is 29.7 Å². The molecule has 0 saturated carbocycles. The Morgan fingerprint density at radius 3 is 2.13 bits per heavy atom. The third-order valence-corrected chi connectivity index (χ3v) is 6.33. The summed E-state index contributed by atoms with van der Waals surface area (Å²) in [7, 11) is -1.85. The number of hydrogen-bond donors (Lipinski definition) is 0. The molecule has 0 amide bonds. The monoisotopic (exact) mass is 331 g/mol. The fourth-order valence-corrected chi connectivity index (χ4v) is 4.52. The van der Waals surface area contributed by atoms with E-state index in [1.165, 1.54) is 5.56 Å². The van der Waals surface area contributed by atoms with Gasteiger partial charge in [0, 0.05) is 13.1 Å². The fourth-order valence-electron chi connectivity index (χ4n) is 3.05. The summed E-state index contributed by atoms with van der Waals surface area (Å²) in [6.45, 7) is 1.13. The fraction of sp³-hybridized carbons (Fsp3) is 0.333. The number of ether oxygens (including phenoxy) is 1. The molecular weight excluding hydrogens is 310 g/mol. The van der Waals surface area contributed by atoms with E-state index in [1.807, 2.05) is 18.2 Å². The normalized spacial score (nSPS) is 17.1. The third kappa shape index (κ3) is 3.41. The lowest BCUT2D eigenvalue weighted by molar-refractivity contribution is 0.319. The molecule has 3 rings (SSSR count). The number of methoxy groups -OCH3 is 1. The molecular formula is C18H21NO3S. The molecule has 0 aliphatic carbocycles. The van der Waals surface area contributed by atoms with Crippen molar-refractivity contribution in [1.82, 2.24) is 4.31 Å². The molecule has 23 heavy (non-hydrogen) atoms. The van der Waals surface area contributed by atoms with Gasteiger partial charge in [0.15, 0.2) is 0 Å². The van der Waals surface area contributed by atoms with Crippen molar-refractivity contribution in [1.29, 1.82) is 0 Å². The van der Waals surface area contributed by atoms with Crippen LogP contribution >= 0.6 is 0 Å². The first kappa shape index (κ1) is 16.0. The lowest BCUT2D eigenvalue weighted by Crippen LogP contribution is -2.37. The zero-order valence-electron chi connectivity index (χ0n) is 13.2. The predicted molar refractivity (Wildman–Crippen MR) is 90.2 cm³/mol. The van der Waals surface area contributed by atoms with E-state index in [9.17, 15) is 8.42 Å². The van der Waals surface area contributed by atoms with Gasteiger partial charge >= 0.3 is 0 Å². The molecule has 0 radical (unpaired) electrons. The van der Waals surface area contributed by atoms with Crippen molar-refractivity contribution in [3.05, 3.63) is 60.2 Å². The van der Waals surface area contributed by atoms with E-state index >= 15 is 0 Å². The van der Waals surface area contributed by atoms with Gasteiger partial charge in [-0.15, -0.1) is 0 Å². The molecule has 2 aromatic carbocycles. The molecule has 1 aliphatic heterocycles. The predicted octanol–water partition coefficient (Wildman–Crippen LogP) is 3.26. The van der Waals surface area contributed by atoms with Gasteiger partial charge in [-0.05, 0) is 48.6 Å². The lowest BCUT2D eigenvalue weighted by Gasteiger charge is -2.31. The standard InChI is InChI=1S/C18H21NO3S/c1-22-17-7-9-18(10-8-17)23(20,21)19-13-11-16(12-14-19)15-5-3-2-4-6-15/h2-10,16H,11-14H2,1H3. The molecule has 0 bridgehead atoms. The smallest absolute Gasteiger partial charge is 0.243 e. The molecule has 1 fully saturated rings. The molecule has 1 aliphatic rings. The number of benzene rings is 2. The average Bonchev–Trinajstić information content (AvgIpc) is 2.62. The van der Waals surface area contributed by atoms with Crippen LogP contribution in [0.4, 0.5) is 0 Å². The average molecular weight is 331 g/mol. The number of hydrogen-bond acceptors (Lipinski definition) is 3. The third-order valence-electron chi connectivity index (χ3n) is 4.42. The topological polar surface area (TPSA) is 46.6 Å². The second-order valence-corrected chi connectivity index (χ2v) is 7.70. The zero-order valence-corrected chi connectivity index (χ0v) is 14.0. The van der Waals surface area contributed by atoms with E-state index < -0.39 is 10.0 Å². The summed E-state index contributed by atoms with van der Waals surface area (Å²) in [5.74, 6) is 1.10. The molecule has 122 valence electrons. The maximum atomic E-state index is 12.7. The zero-order chi connectivity index (χ0) is 16.3. The largest absolute Gasteiger partial charge is 0.497 e. The molecule has 2 aromatic rings. The van der Waals surface area contributed by atoms with E-state index in [0.717, 1.165) is 12.8 Å². The van der Waals surface area contributed by atoms with Crippen molar-refractivity contribution in [3.8, 4) is 5.75 Å². The Kier molecular flexibility index (Phi) is 4.68. The van der Waals surface area contributed by atoms with Gasteiger partial charge in [0.2, 0.25) is 10.0 Å². The van der Waals surface area contributed by atoms with Crippen molar-refractivity contribution in [2.24, 2.45) is 0 Å². The van der Waals surface area contributed by atoms with Gasteiger partial charge in [-0.3, -0.25) is 0 Å². The Morgan fingerprint density at radius 1 is 0.957 bits per heavy atom. The Morgan fingerprint density at radius 2 is 1.57 bits per heavy atom. The van der Waals surface area contributed by atoms with Crippen molar-refractivity contribution in [2.75, 3.05) is 20.2 Å². The highest BCUT2D eigenvalue weighted by Crippen LogP contribution is 2.30. The minimum Gasteiger partial charge on any atom is -0.497 e. The summed E-state index contributed by atoms with van der Waals surface area (Å²) >= 11 is 0. The molecule has 5 heteroatoms. The summed E-state index contributed by atoms with van der Waals surface area (Å²) in [5.41, 5.74) is 1.30. The summed E-state index contributed by atoms with van der Waals surface area (Å²) < 4.78 is 32.1. The number of nitrogens with zero attached hydrogens (tertiary/aromatic N) is 1. The molecule has 0 atom stereocenters. The minimum absolute atomic E-state index is 0.330. The maximum absolute atomic E-state index is 12.7. The summed E-state index contributed by atoms with van der Waals surface area (Å²) in [4.78, 5) is 0.330. The van der Waals surface area contributed by atoms with Crippen LogP contribution in [0.1, 0.15) is 24.3 Å². The molecule has 0 spiro atoms. The van der Waals surface area contributed by atoms with Gasteiger partial charge in [-0.1, -0.05) is 30.3 Å². The number of sulfonamides is 1. The highest BCUT2D eigenvalue weighted by atomic mass is 32.2. The molecule has 1 saturated heterocycles. The first-order valence-corrected chi connectivity index (χ1v) is 9.24. The van der Waals surface area contributed by atoms with E-state index in [-0.39, 0.29) is 0 Å². The van der Waals surface area contributed by atoms with Crippen LogP contribution in [0.2, 0.25) is 0 Å². The number of rotatable bonds is 4. The Labute approximate surface area is 137 Å².